The largest absolute Gasteiger partial charge is 0.383 e. The molecular weight excluding hydrogens is 386 g/mol. The van der Waals surface area contributed by atoms with Crippen LogP contribution in [-0.4, -0.2) is 33.3 Å². The van der Waals surface area contributed by atoms with Gasteiger partial charge < -0.3 is 9.84 Å². The standard InChI is InChI=1S/C23H25NO4S/c25-23(19-9-2-1-3-10-19,20-13-15-28-16-14-20)17-24-29(26,27)22-12-6-8-18-7-4-5-11-21(18)22/h1-12,20,24-25H,13-17H2/t23-/m1/s1. The van der Waals surface area contributed by atoms with E-state index in [2.05, 4.69) is 4.72 Å². The van der Waals surface area contributed by atoms with Gasteiger partial charge in [-0.25, -0.2) is 13.1 Å². The first kappa shape index (κ1) is 20.0. The van der Waals surface area contributed by atoms with Gasteiger partial charge in [0.2, 0.25) is 10.0 Å². The molecule has 0 amide bonds. The molecule has 3 aromatic carbocycles. The number of nitrogens with one attached hydrogen (secondary N) is 1. The van der Waals surface area contributed by atoms with Gasteiger partial charge in [-0.15, -0.1) is 0 Å². The SMILES string of the molecule is O=S(=O)(NC[C@@](O)(c1ccccc1)C1CCOCC1)c1cccc2ccccc12. The minimum absolute atomic E-state index is 0.0890. The van der Waals surface area contributed by atoms with Crippen molar-refractivity contribution in [1.29, 1.82) is 0 Å². The molecule has 1 heterocycles. The van der Waals surface area contributed by atoms with Crippen molar-refractivity contribution in [1.82, 2.24) is 4.72 Å². The highest BCUT2D eigenvalue weighted by atomic mass is 32.2. The molecule has 5 nitrogen and oxygen atoms in total. The van der Waals surface area contributed by atoms with Crippen LogP contribution in [0.15, 0.2) is 77.7 Å². The van der Waals surface area contributed by atoms with Crippen molar-refractivity contribution in [3.05, 3.63) is 78.4 Å². The maximum absolute atomic E-state index is 13.2. The van der Waals surface area contributed by atoms with Crippen LogP contribution in [0.25, 0.3) is 10.8 Å². The lowest BCUT2D eigenvalue weighted by Gasteiger charge is -2.39. The molecule has 1 aliphatic heterocycles. The van der Waals surface area contributed by atoms with E-state index in [4.69, 9.17) is 4.74 Å². The van der Waals surface area contributed by atoms with Crippen LogP contribution in [0.1, 0.15) is 18.4 Å². The van der Waals surface area contributed by atoms with Gasteiger partial charge in [-0.05, 0) is 35.8 Å². The van der Waals surface area contributed by atoms with Crippen LogP contribution >= 0.6 is 0 Å². The summed E-state index contributed by atoms with van der Waals surface area (Å²) in [7, 11) is -3.81. The van der Waals surface area contributed by atoms with Gasteiger partial charge in [-0.2, -0.15) is 0 Å². The zero-order valence-electron chi connectivity index (χ0n) is 16.1. The Kier molecular flexibility index (Phi) is 5.69. The highest BCUT2D eigenvalue weighted by Gasteiger charge is 2.40. The van der Waals surface area contributed by atoms with E-state index in [0.717, 1.165) is 5.39 Å². The van der Waals surface area contributed by atoms with E-state index in [1.807, 2.05) is 54.6 Å². The smallest absolute Gasteiger partial charge is 0.241 e. The van der Waals surface area contributed by atoms with Crippen LogP contribution in [0.3, 0.4) is 0 Å². The second-order valence-corrected chi connectivity index (χ2v) is 9.21. The fraction of sp³-hybridized carbons (Fsp3) is 0.304. The van der Waals surface area contributed by atoms with Gasteiger partial charge in [0.15, 0.2) is 0 Å². The minimum Gasteiger partial charge on any atom is -0.383 e. The number of sulfonamides is 1. The quantitative estimate of drug-likeness (QED) is 0.652. The van der Waals surface area contributed by atoms with E-state index >= 15 is 0 Å². The predicted octanol–water partition coefficient (Wildman–Crippen LogP) is 3.43. The normalized spacial score (nSPS) is 17.8. The van der Waals surface area contributed by atoms with Crippen molar-refractivity contribution < 1.29 is 18.3 Å². The van der Waals surface area contributed by atoms with E-state index in [9.17, 15) is 13.5 Å². The molecule has 0 aromatic heterocycles. The number of hydrogen-bond acceptors (Lipinski definition) is 4. The molecule has 4 rings (SSSR count). The van der Waals surface area contributed by atoms with Crippen LogP contribution in [0.2, 0.25) is 0 Å². The molecule has 2 N–H and O–H groups in total. The van der Waals surface area contributed by atoms with E-state index < -0.39 is 15.6 Å². The van der Waals surface area contributed by atoms with Crippen molar-refractivity contribution in [2.45, 2.75) is 23.3 Å². The third-order valence-corrected chi connectivity index (χ3v) is 7.20. The van der Waals surface area contributed by atoms with Gasteiger partial charge in [-0.3, -0.25) is 0 Å². The molecule has 0 unspecified atom stereocenters. The van der Waals surface area contributed by atoms with Crippen molar-refractivity contribution in [2.24, 2.45) is 5.92 Å². The van der Waals surface area contributed by atoms with Gasteiger partial charge in [0.05, 0.1) is 4.90 Å². The summed E-state index contributed by atoms with van der Waals surface area (Å²) < 4.78 is 34.4. The van der Waals surface area contributed by atoms with Gasteiger partial charge in [0, 0.05) is 25.1 Å². The average Bonchev–Trinajstić information content (AvgIpc) is 2.78. The fourth-order valence-corrected chi connectivity index (χ4v) is 5.40. The van der Waals surface area contributed by atoms with Crippen molar-refractivity contribution in [3.8, 4) is 0 Å². The number of rotatable bonds is 6. The summed E-state index contributed by atoms with van der Waals surface area (Å²) in [6.07, 6.45) is 1.36. The molecule has 0 bridgehead atoms. The van der Waals surface area contributed by atoms with Crippen LogP contribution in [-0.2, 0) is 20.4 Å². The van der Waals surface area contributed by atoms with E-state index in [1.165, 1.54) is 0 Å². The molecule has 1 fully saturated rings. The second kappa shape index (κ2) is 8.24. The number of aliphatic hydroxyl groups is 1. The van der Waals surface area contributed by atoms with Crippen molar-refractivity contribution in [3.63, 3.8) is 0 Å². The highest BCUT2D eigenvalue weighted by molar-refractivity contribution is 7.89. The third-order valence-electron chi connectivity index (χ3n) is 5.74. The Labute approximate surface area is 171 Å². The molecule has 1 saturated heterocycles. The molecule has 0 aliphatic carbocycles. The molecule has 1 aliphatic rings. The Balaban J connectivity index is 1.66. The predicted molar refractivity (Wildman–Crippen MR) is 113 cm³/mol. The summed E-state index contributed by atoms with van der Waals surface area (Å²) in [6, 6.07) is 21.9. The molecular formula is C23H25NO4S. The molecule has 6 heteroatoms. The van der Waals surface area contributed by atoms with Crippen LogP contribution in [0.4, 0.5) is 0 Å². The van der Waals surface area contributed by atoms with Gasteiger partial charge >= 0.3 is 0 Å². The number of benzene rings is 3. The zero-order chi connectivity index (χ0) is 20.3. The maximum Gasteiger partial charge on any atom is 0.241 e. The van der Waals surface area contributed by atoms with E-state index in [-0.39, 0.29) is 17.4 Å². The molecule has 0 radical (unpaired) electrons. The Morgan fingerprint density at radius 1 is 0.931 bits per heavy atom. The molecule has 3 aromatic rings. The third kappa shape index (κ3) is 4.07. The van der Waals surface area contributed by atoms with Crippen molar-refractivity contribution in [2.75, 3.05) is 19.8 Å². The van der Waals surface area contributed by atoms with Crippen LogP contribution in [0, 0.1) is 5.92 Å². The minimum atomic E-state index is -3.81. The Hall–Kier alpha value is -2.25. The van der Waals surface area contributed by atoms with Gasteiger partial charge in [0.1, 0.15) is 5.60 Å². The Morgan fingerprint density at radius 2 is 1.59 bits per heavy atom. The Morgan fingerprint density at radius 3 is 2.34 bits per heavy atom. The molecule has 152 valence electrons. The summed E-state index contributed by atoms with van der Waals surface area (Å²) in [5.74, 6) is -0.0890. The lowest BCUT2D eigenvalue weighted by molar-refractivity contribution is -0.0663. The topological polar surface area (TPSA) is 75.6 Å². The molecule has 29 heavy (non-hydrogen) atoms. The summed E-state index contributed by atoms with van der Waals surface area (Å²) >= 11 is 0. The Bertz CT molecular complexity index is 1070. The van der Waals surface area contributed by atoms with Crippen LogP contribution < -0.4 is 4.72 Å². The molecule has 0 saturated carbocycles. The lowest BCUT2D eigenvalue weighted by Crippen LogP contribution is -2.47. The molecule has 0 spiro atoms. The van der Waals surface area contributed by atoms with Gasteiger partial charge in [-0.1, -0.05) is 66.7 Å². The van der Waals surface area contributed by atoms with E-state index in [0.29, 0.717) is 37.0 Å². The number of ether oxygens (including phenoxy) is 1. The number of hydrogen-bond donors (Lipinski definition) is 2. The molecule has 1 atom stereocenters. The lowest BCUT2D eigenvalue weighted by atomic mass is 9.77. The highest BCUT2D eigenvalue weighted by Crippen LogP contribution is 2.36. The monoisotopic (exact) mass is 411 g/mol. The first-order valence-corrected chi connectivity index (χ1v) is 11.3. The fourth-order valence-electron chi connectivity index (χ4n) is 4.10. The van der Waals surface area contributed by atoms with Crippen molar-refractivity contribution >= 4 is 20.8 Å². The number of fused-ring (bicyclic) bond motifs is 1. The van der Waals surface area contributed by atoms with Crippen LogP contribution in [0.5, 0.6) is 0 Å². The zero-order valence-corrected chi connectivity index (χ0v) is 16.9. The van der Waals surface area contributed by atoms with Gasteiger partial charge in [0.25, 0.3) is 0 Å². The summed E-state index contributed by atoms with van der Waals surface area (Å²) in [6.45, 7) is 1.04. The average molecular weight is 412 g/mol. The maximum atomic E-state index is 13.2. The summed E-state index contributed by atoms with van der Waals surface area (Å²) in [4.78, 5) is 0.220. The first-order chi connectivity index (χ1) is 14.0. The van der Waals surface area contributed by atoms with E-state index in [1.54, 1.807) is 18.2 Å². The first-order valence-electron chi connectivity index (χ1n) is 9.84. The summed E-state index contributed by atoms with van der Waals surface area (Å²) in [5.41, 5.74) is -0.588. The summed E-state index contributed by atoms with van der Waals surface area (Å²) in [5, 5.41) is 13.2. The second-order valence-electron chi connectivity index (χ2n) is 7.48.